The van der Waals surface area contributed by atoms with Gasteiger partial charge in [-0.05, 0) is 50.0 Å². The topological polar surface area (TPSA) is 23.6 Å². The van der Waals surface area contributed by atoms with E-state index in [2.05, 4.69) is 35.1 Å². The third-order valence-electron chi connectivity index (χ3n) is 4.52. The molecule has 0 aliphatic carbocycles. The predicted molar refractivity (Wildman–Crippen MR) is 85.1 cm³/mol. The fourth-order valence-electron chi connectivity index (χ4n) is 3.20. The standard InChI is InChI=1S/C18H22N2O/c1-2-15-13-18(21)20(14-15)17-7-5-16(6-8-17)9-12-19-10-3-4-11-19/h1,5-8,15H,3-4,9-14H2. The van der Waals surface area contributed by atoms with Crippen LogP contribution in [0.15, 0.2) is 24.3 Å². The number of benzene rings is 1. The van der Waals surface area contributed by atoms with Crippen LogP contribution in [0.4, 0.5) is 5.69 Å². The highest BCUT2D eigenvalue weighted by Crippen LogP contribution is 2.25. The minimum absolute atomic E-state index is 0.0624. The Kier molecular flexibility index (Phi) is 4.26. The zero-order chi connectivity index (χ0) is 14.7. The van der Waals surface area contributed by atoms with Crippen molar-refractivity contribution in [2.45, 2.75) is 25.7 Å². The first kappa shape index (κ1) is 14.2. The van der Waals surface area contributed by atoms with E-state index in [-0.39, 0.29) is 11.8 Å². The number of terminal acetylenes is 1. The van der Waals surface area contributed by atoms with E-state index >= 15 is 0 Å². The Morgan fingerprint density at radius 2 is 1.90 bits per heavy atom. The number of hydrogen-bond acceptors (Lipinski definition) is 2. The van der Waals surface area contributed by atoms with E-state index in [0.717, 1.165) is 18.7 Å². The molecule has 0 bridgehead atoms. The second kappa shape index (κ2) is 6.32. The van der Waals surface area contributed by atoms with E-state index in [1.54, 1.807) is 0 Å². The Morgan fingerprint density at radius 1 is 1.19 bits per heavy atom. The van der Waals surface area contributed by atoms with Gasteiger partial charge in [-0.1, -0.05) is 12.1 Å². The van der Waals surface area contributed by atoms with Crippen molar-refractivity contribution in [3.8, 4) is 12.3 Å². The van der Waals surface area contributed by atoms with Crippen LogP contribution in [-0.4, -0.2) is 37.0 Å². The molecule has 1 atom stereocenters. The number of nitrogens with zero attached hydrogens (tertiary/aromatic N) is 2. The van der Waals surface area contributed by atoms with Gasteiger partial charge >= 0.3 is 0 Å². The first-order valence-corrected chi connectivity index (χ1v) is 7.84. The lowest BCUT2D eigenvalue weighted by Crippen LogP contribution is -2.24. The molecule has 110 valence electrons. The maximum absolute atomic E-state index is 12.0. The Morgan fingerprint density at radius 3 is 2.52 bits per heavy atom. The van der Waals surface area contributed by atoms with Crippen molar-refractivity contribution in [1.29, 1.82) is 0 Å². The van der Waals surface area contributed by atoms with Crippen LogP contribution in [0.3, 0.4) is 0 Å². The molecule has 2 aliphatic rings. The lowest BCUT2D eigenvalue weighted by molar-refractivity contribution is -0.117. The molecule has 1 aromatic rings. The van der Waals surface area contributed by atoms with Crippen LogP contribution < -0.4 is 4.90 Å². The Labute approximate surface area is 126 Å². The number of hydrogen-bond donors (Lipinski definition) is 0. The van der Waals surface area contributed by atoms with Crippen LogP contribution in [0, 0.1) is 18.3 Å². The number of rotatable bonds is 4. The molecule has 21 heavy (non-hydrogen) atoms. The number of carbonyl (C=O) groups is 1. The van der Waals surface area contributed by atoms with Gasteiger partial charge in [0.1, 0.15) is 0 Å². The minimum atomic E-state index is 0.0624. The van der Waals surface area contributed by atoms with Crippen LogP contribution in [0.25, 0.3) is 0 Å². The zero-order valence-corrected chi connectivity index (χ0v) is 12.4. The van der Waals surface area contributed by atoms with Crippen LogP contribution in [0.1, 0.15) is 24.8 Å². The lowest BCUT2D eigenvalue weighted by atomic mass is 10.1. The first-order chi connectivity index (χ1) is 10.3. The third kappa shape index (κ3) is 3.28. The molecule has 0 aromatic heterocycles. The number of carbonyl (C=O) groups excluding carboxylic acids is 1. The largest absolute Gasteiger partial charge is 0.311 e. The summed E-state index contributed by atoms with van der Waals surface area (Å²) < 4.78 is 0. The van der Waals surface area contributed by atoms with Gasteiger partial charge in [0, 0.05) is 31.1 Å². The van der Waals surface area contributed by atoms with Crippen molar-refractivity contribution in [3.05, 3.63) is 29.8 Å². The van der Waals surface area contributed by atoms with Gasteiger partial charge in [0.05, 0.1) is 0 Å². The molecule has 3 nitrogen and oxygen atoms in total. The third-order valence-corrected chi connectivity index (χ3v) is 4.52. The molecule has 1 amide bonds. The maximum atomic E-state index is 12.0. The second-order valence-electron chi connectivity index (χ2n) is 6.04. The fourth-order valence-corrected chi connectivity index (χ4v) is 3.20. The minimum Gasteiger partial charge on any atom is -0.311 e. The summed E-state index contributed by atoms with van der Waals surface area (Å²) in [6, 6.07) is 8.38. The van der Waals surface area contributed by atoms with Gasteiger partial charge in [-0.15, -0.1) is 12.3 Å². The number of amides is 1. The van der Waals surface area contributed by atoms with E-state index in [9.17, 15) is 4.79 Å². The fraction of sp³-hybridized carbons (Fsp3) is 0.500. The van der Waals surface area contributed by atoms with Gasteiger partial charge in [0.2, 0.25) is 5.91 Å². The highest BCUT2D eigenvalue weighted by Gasteiger charge is 2.29. The summed E-state index contributed by atoms with van der Waals surface area (Å²) in [4.78, 5) is 16.3. The smallest absolute Gasteiger partial charge is 0.228 e. The van der Waals surface area contributed by atoms with Gasteiger partial charge in [-0.2, -0.15) is 0 Å². The molecule has 3 rings (SSSR count). The molecule has 3 heteroatoms. The summed E-state index contributed by atoms with van der Waals surface area (Å²) in [5.74, 6) is 2.89. The van der Waals surface area contributed by atoms with Crippen molar-refractivity contribution in [2.24, 2.45) is 5.92 Å². The van der Waals surface area contributed by atoms with Crippen LogP contribution in [-0.2, 0) is 11.2 Å². The summed E-state index contributed by atoms with van der Waals surface area (Å²) >= 11 is 0. The van der Waals surface area contributed by atoms with Crippen molar-refractivity contribution < 1.29 is 4.79 Å². The lowest BCUT2D eigenvalue weighted by Gasteiger charge is -2.17. The average Bonchev–Trinajstić information content (AvgIpc) is 3.15. The Hall–Kier alpha value is -1.79. The molecule has 2 fully saturated rings. The summed E-state index contributed by atoms with van der Waals surface area (Å²) in [5, 5.41) is 0. The van der Waals surface area contributed by atoms with Gasteiger partial charge < -0.3 is 9.80 Å². The van der Waals surface area contributed by atoms with E-state index in [4.69, 9.17) is 6.42 Å². The Balaban J connectivity index is 1.59. The van der Waals surface area contributed by atoms with Crippen molar-refractivity contribution in [1.82, 2.24) is 4.90 Å². The van der Waals surface area contributed by atoms with E-state index in [1.165, 1.54) is 31.5 Å². The van der Waals surface area contributed by atoms with Crippen molar-refractivity contribution in [2.75, 3.05) is 31.1 Å². The molecule has 1 aromatic carbocycles. The van der Waals surface area contributed by atoms with E-state index < -0.39 is 0 Å². The van der Waals surface area contributed by atoms with Crippen LogP contribution in [0.5, 0.6) is 0 Å². The van der Waals surface area contributed by atoms with E-state index in [1.807, 2.05) is 4.90 Å². The summed E-state index contributed by atoms with van der Waals surface area (Å²) in [6.07, 6.45) is 9.67. The Bertz CT molecular complexity index is 537. The zero-order valence-electron chi connectivity index (χ0n) is 12.4. The monoisotopic (exact) mass is 282 g/mol. The highest BCUT2D eigenvalue weighted by molar-refractivity contribution is 5.96. The van der Waals surface area contributed by atoms with Crippen molar-refractivity contribution in [3.63, 3.8) is 0 Å². The molecule has 0 N–H and O–H groups in total. The molecule has 2 aliphatic heterocycles. The van der Waals surface area contributed by atoms with Crippen LogP contribution in [0.2, 0.25) is 0 Å². The van der Waals surface area contributed by atoms with Crippen molar-refractivity contribution >= 4 is 11.6 Å². The molecule has 1 unspecified atom stereocenters. The normalized spacial score (nSPS) is 22.7. The number of likely N-dealkylation sites (tertiary alicyclic amines) is 1. The predicted octanol–water partition coefficient (Wildman–Crippen LogP) is 2.31. The van der Waals surface area contributed by atoms with E-state index in [0.29, 0.717) is 13.0 Å². The van der Waals surface area contributed by atoms with Gasteiger partial charge in [-0.3, -0.25) is 4.79 Å². The summed E-state index contributed by atoms with van der Waals surface area (Å²) in [7, 11) is 0. The summed E-state index contributed by atoms with van der Waals surface area (Å²) in [6.45, 7) is 4.28. The maximum Gasteiger partial charge on any atom is 0.228 e. The molecular formula is C18H22N2O. The summed E-state index contributed by atoms with van der Waals surface area (Å²) in [5.41, 5.74) is 2.31. The second-order valence-corrected chi connectivity index (χ2v) is 6.04. The molecule has 0 saturated carbocycles. The van der Waals surface area contributed by atoms with Gasteiger partial charge in [0.25, 0.3) is 0 Å². The van der Waals surface area contributed by atoms with Gasteiger partial charge in [0.15, 0.2) is 0 Å². The molecular weight excluding hydrogens is 260 g/mol. The molecule has 2 saturated heterocycles. The molecule has 0 radical (unpaired) electrons. The highest BCUT2D eigenvalue weighted by atomic mass is 16.2. The average molecular weight is 282 g/mol. The number of anilines is 1. The SMILES string of the molecule is C#CC1CC(=O)N(c2ccc(CCN3CCCC3)cc2)C1. The first-order valence-electron chi connectivity index (χ1n) is 7.84. The quantitative estimate of drug-likeness (QED) is 0.791. The van der Waals surface area contributed by atoms with Crippen LogP contribution >= 0.6 is 0 Å². The van der Waals surface area contributed by atoms with Gasteiger partial charge in [-0.25, -0.2) is 0 Å². The molecule has 0 spiro atoms. The molecule has 2 heterocycles.